The second-order valence-corrected chi connectivity index (χ2v) is 4.21. The molecule has 19 heavy (non-hydrogen) atoms. The van der Waals surface area contributed by atoms with Crippen LogP contribution in [0.25, 0.3) is 0 Å². The van der Waals surface area contributed by atoms with Gasteiger partial charge in [-0.25, -0.2) is 4.79 Å². The number of aliphatic hydroxyl groups excluding tert-OH is 1. The van der Waals surface area contributed by atoms with Crippen LogP contribution >= 0.6 is 0 Å². The van der Waals surface area contributed by atoms with Crippen LogP contribution in [-0.2, 0) is 0 Å². The summed E-state index contributed by atoms with van der Waals surface area (Å²) in [4.78, 5) is 11.7. The topological polar surface area (TPSA) is 87.4 Å². The first kappa shape index (κ1) is 13.1. The average molecular weight is 261 g/mol. The fourth-order valence-corrected chi connectivity index (χ4v) is 1.54. The van der Waals surface area contributed by atoms with Crippen molar-refractivity contribution in [2.75, 3.05) is 10.6 Å². The Labute approximate surface area is 110 Å². The number of carbonyl (C=O) groups is 1. The van der Waals surface area contributed by atoms with Gasteiger partial charge in [0.15, 0.2) is 0 Å². The Balaban J connectivity index is 1.95. The van der Waals surface area contributed by atoms with E-state index in [4.69, 9.17) is 4.52 Å². The van der Waals surface area contributed by atoms with Gasteiger partial charge in [-0.3, -0.25) is 5.32 Å². The van der Waals surface area contributed by atoms with Gasteiger partial charge in [0, 0.05) is 11.8 Å². The van der Waals surface area contributed by atoms with E-state index in [2.05, 4.69) is 15.8 Å². The molecule has 6 nitrogen and oxygen atoms in total. The highest BCUT2D eigenvalue weighted by Gasteiger charge is 2.07. The molecule has 6 heteroatoms. The molecule has 1 atom stereocenters. The number of anilines is 2. The average Bonchev–Trinajstić information content (AvgIpc) is 2.75. The third kappa shape index (κ3) is 3.56. The Bertz CT molecular complexity index is 561. The van der Waals surface area contributed by atoms with Gasteiger partial charge in [0.05, 0.1) is 11.8 Å². The third-order valence-corrected chi connectivity index (χ3v) is 2.52. The van der Waals surface area contributed by atoms with Gasteiger partial charge in [0.2, 0.25) is 5.88 Å². The summed E-state index contributed by atoms with van der Waals surface area (Å²) in [7, 11) is 0. The summed E-state index contributed by atoms with van der Waals surface area (Å²) in [6.45, 7) is 3.45. The monoisotopic (exact) mass is 261 g/mol. The molecule has 100 valence electrons. The molecule has 1 heterocycles. The van der Waals surface area contributed by atoms with E-state index in [-0.39, 0.29) is 5.88 Å². The SMILES string of the molecule is Cc1cc(NC(=O)Nc2ccc(C(C)O)cc2)on1. The van der Waals surface area contributed by atoms with Gasteiger partial charge in [-0.2, -0.15) is 0 Å². The number of hydrogen-bond donors (Lipinski definition) is 3. The van der Waals surface area contributed by atoms with Crippen molar-refractivity contribution in [3.05, 3.63) is 41.6 Å². The van der Waals surface area contributed by atoms with Gasteiger partial charge in [0.25, 0.3) is 0 Å². The van der Waals surface area contributed by atoms with Crippen LogP contribution in [-0.4, -0.2) is 16.3 Å². The maximum Gasteiger partial charge on any atom is 0.326 e. The minimum atomic E-state index is -0.528. The van der Waals surface area contributed by atoms with Gasteiger partial charge < -0.3 is 14.9 Å². The molecule has 0 saturated carbocycles. The standard InChI is InChI=1S/C13H15N3O3/c1-8-7-12(19-16-8)15-13(18)14-11-5-3-10(4-6-11)9(2)17/h3-7,9,17H,1-2H3,(H2,14,15,18). The molecule has 0 radical (unpaired) electrons. The van der Waals surface area contributed by atoms with Crippen molar-refractivity contribution in [2.24, 2.45) is 0 Å². The first-order chi connectivity index (χ1) is 9.04. The molecule has 0 aliphatic carbocycles. The van der Waals surface area contributed by atoms with Crippen LogP contribution in [0.1, 0.15) is 24.3 Å². The number of aromatic nitrogens is 1. The molecule has 1 aromatic carbocycles. The highest BCUT2D eigenvalue weighted by Crippen LogP contribution is 2.16. The number of urea groups is 1. The quantitative estimate of drug-likeness (QED) is 0.792. The van der Waals surface area contributed by atoms with E-state index in [9.17, 15) is 9.90 Å². The maximum absolute atomic E-state index is 11.7. The Morgan fingerprint density at radius 2 is 2.00 bits per heavy atom. The Morgan fingerprint density at radius 1 is 1.32 bits per heavy atom. The molecular weight excluding hydrogens is 246 g/mol. The Kier molecular flexibility index (Phi) is 3.82. The van der Waals surface area contributed by atoms with Crippen molar-refractivity contribution in [1.82, 2.24) is 5.16 Å². The molecular formula is C13H15N3O3. The minimum Gasteiger partial charge on any atom is -0.389 e. The highest BCUT2D eigenvalue weighted by atomic mass is 16.5. The molecule has 0 bridgehead atoms. The number of amides is 2. The van der Waals surface area contributed by atoms with Gasteiger partial charge >= 0.3 is 6.03 Å². The second kappa shape index (κ2) is 5.53. The van der Waals surface area contributed by atoms with Crippen molar-refractivity contribution < 1.29 is 14.4 Å². The van der Waals surface area contributed by atoms with E-state index in [1.807, 2.05) is 0 Å². The normalized spacial score (nSPS) is 11.9. The zero-order chi connectivity index (χ0) is 13.8. The molecule has 0 aliphatic heterocycles. The number of aliphatic hydroxyl groups is 1. The van der Waals surface area contributed by atoms with E-state index in [0.717, 1.165) is 5.56 Å². The number of carbonyl (C=O) groups excluding carboxylic acids is 1. The lowest BCUT2D eigenvalue weighted by atomic mass is 10.1. The van der Waals surface area contributed by atoms with Crippen molar-refractivity contribution in [3.8, 4) is 0 Å². The second-order valence-electron chi connectivity index (χ2n) is 4.21. The summed E-state index contributed by atoms with van der Waals surface area (Å²) in [6.07, 6.45) is -0.528. The number of hydrogen-bond acceptors (Lipinski definition) is 4. The third-order valence-electron chi connectivity index (χ3n) is 2.52. The predicted molar refractivity (Wildman–Crippen MR) is 71.0 cm³/mol. The Morgan fingerprint density at radius 3 is 2.53 bits per heavy atom. The summed E-state index contributed by atoms with van der Waals surface area (Å²) in [6, 6.07) is 8.13. The first-order valence-electron chi connectivity index (χ1n) is 5.84. The maximum atomic E-state index is 11.7. The number of rotatable bonds is 3. The lowest BCUT2D eigenvalue weighted by Gasteiger charge is -2.07. The molecule has 2 aromatic rings. The molecule has 1 aromatic heterocycles. The zero-order valence-electron chi connectivity index (χ0n) is 10.7. The predicted octanol–water partition coefficient (Wildman–Crippen LogP) is 2.68. The number of benzene rings is 1. The molecule has 0 fully saturated rings. The summed E-state index contributed by atoms with van der Waals surface area (Å²) in [5.74, 6) is 0.288. The molecule has 2 amide bonds. The van der Waals surface area contributed by atoms with Crippen LogP contribution in [0.4, 0.5) is 16.4 Å². The zero-order valence-corrected chi connectivity index (χ0v) is 10.7. The van der Waals surface area contributed by atoms with Crippen LogP contribution in [0.3, 0.4) is 0 Å². The molecule has 0 saturated heterocycles. The molecule has 2 rings (SSSR count). The molecule has 3 N–H and O–H groups in total. The van der Waals surface area contributed by atoms with Gasteiger partial charge in [0.1, 0.15) is 0 Å². The lowest BCUT2D eigenvalue weighted by molar-refractivity contribution is 0.199. The number of nitrogens with one attached hydrogen (secondary N) is 2. The van der Waals surface area contributed by atoms with Crippen LogP contribution in [0.15, 0.2) is 34.9 Å². The summed E-state index contributed by atoms with van der Waals surface area (Å²) in [5, 5.41) is 18.2. The van der Waals surface area contributed by atoms with Crippen molar-refractivity contribution in [1.29, 1.82) is 0 Å². The largest absolute Gasteiger partial charge is 0.389 e. The van der Waals surface area contributed by atoms with Crippen LogP contribution in [0.5, 0.6) is 0 Å². The smallest absolute Gasteiger partial charge is 0.326 e. The van der Waals surface area contributed by atoms with Gasteiger partial charge in [-0.15, -0.1) is 0 Å². The van der Waals surface area contributed by atoms with Crippen LogP contribution in [0, 0.1) is 6.92 Å². The number of nitrogens with zero attached hydrogens (tertiary/aromatic N) is 1. The first-order valence-corrected chi connectivity index (χ1v) is 5.84. The van der Waals surface area contributed by atoms with Crippen LogP contribution in [0.2, 0.25) is 0 Å². The molecule has 0 aliphatic rings. The van der Waals surface area contributed by atoms with Gasteiger partial charge in [-0.05, 0) is 31.5 Å². The number of aryl methyl sites for hydroxylation is 1. The van der Waals surface area contributed by atoms with E-state index >= 15 is 0 Å². The lowest BCUT2D eigenvalue weighted by Crippen LogP contribution is -2.19. The molecule has 0 spiro atoms. The van der Waals surface area contributed by atoms with Gasteiger partial charge in [-0.1, -0.05) is 17.3 Å². The van der Waals surface area contributed by atoms with E-state index in [0.29, 0.717) is 11.4 Å². The van der Waals surface area contributed by atoms with Crippen LogP contribution < -0.4 is 10.6 Å². The van der Waals surface area contributed by atoms with Crippen molar-refractivity contribution in [3.63, 3.8) is 0 Å². The summed E-state index contributed by atoms with van der Waals surface area (Å²) in [5.41, 5.74) is 2.10. The van der Waals surface area contributed by atoms with E-state index in [1.54, 1.807) is 44.2 Å². The van der Waals surface area contributed by atoms with E-state index < -0.39 is 12.1 Å². The minimum absolute atomic E-state index is 0.288. The molecule has 1 unspecified atom stereocenters. The van der Waals surface area contributed by atoms with Crippen molar-refractivity contribution >= 4 is 17.6 Å². The fourth-order valence-electron chi connectivity index (χ4n) is 1.54. The highest BCUT2D eigenvalue weighted by molar-refractivity contribution is 5.98. The summed E-state index contributed by atoms with van der Waals surface area (Å²) >= 11 is 0. The fraction of sp³-hybridized carbons (Fsp3) is 0.231. The summed E-state index contributed by atoms with van der Waals surface area (Å²) < 4.78 is 4.87. The van der Waals surface area contributed by atoms with E-state index in [1.165, 1.54) is 0 Å². The van der Waals surface area contributed by atoms with Crippen molar-refractivity contribution in [2.45, 2.75) is 20.0 Å². The Hall–Kier alpha value is -2.34.